The van der Waals surface area contributed by atoms with Gasteiger partial charge in [0.25, 0.3) is 0 Å². The van der Waals surface area contributed by atoms with E-state index < -0.39 is 0 Å². The van der Waals surface area contributed by atoms with Crippen LogP contribution in [0.2, 0.25) is 0 Å². The summed E-state index contributed by atoms with van der Waals surface area (Å²) in [6.07, 6.45) is 5.95. The lowest BCUT2D eigenvalue weighted by Gasteiger charge is -2.27. The highest BCUT2D eigenvalue weighted by atomic mass is 15.5. The molecule has 3 aromatic rings. The number of hydrogen-bond donors (Lipinski definition) is 1. The van der Waals surface area contributed by atoms with Crippen LogP contribution in [0.15, 0.2) is 54.6 Å². The minimum Gasteiger partial charge on any atom is -0.322 e. The highest BCUT2D eigenvalue weighted by molar-refractivity contribution is 5.33. The lowest BCUT2D eigenvalue weighted by atomic mass is 10.0. The molecule has 2 aromatic carbocycles. The number of hydrogen-bond acceptors (Lipinski definition) is 4. The summed E-state index contributed by atoms with van der Waals surface area (Å²) in [5.74, 6) is 0.919. The first kappa shape index (κ1) is 19.3. The van der Waals surface area contributed by atoms with Crippen molar-refractivity contribution in [2.24, 2.45) is 0 Å². The molecule has 148 valence electrons. The molecule has 0 spiro atoms. The second kappa shape index (κ2) is 9.44. The Morgan fingerprint density at radius 1 is 0.966 bits per heavy atom. The molecule has 6 heteroatoms. The van der Waals surface area contributed by atoms with Crippen molar-refractivity contribution in [3.8, 4) is 6.07 Å². The summed E-state index contributed by atoms with van der Waals surface area (Å²) in [6.45, 7) is 3.00. The zero-order valence-corrected chi connectivity index (χ0v) is 16.7. The third-order valence-electron chi connectivity index (χ3n) is 5.80. The normalized spacial score (nSPS) is 16.1. The van der Waals surface area contributed by atoms with Crippen molar-refractivity contribution in [3.63, 3.8) is 0 Å². The molecule has 1 aromatic heterocycles. The lowest BCUT2D eigenvalue weighted by Crippen LogP contribution is -3.12. The van der Waals surface area contributed by atoms with E-state index in [4.69, 9.17) is 5.26 Å². The van der Waals surface area contributed by atoms with E-state index in [-0.39, 0.29) is 6.04 Å². The standard InChI is InChI=1S/C23H26N6/c24-18-20-10-12-21(13-11-20)22(28-15-6-1-2-7-16-28)23-25-26-27-29(23)17-14-19-8-4-3-5-9-19/h3-5,8-13,22H,1-2,6-7,14-17H2/p+1/t22-/m1/s1. The molecule has 6 nitrogen and oxygen atoms in total. The number of quaternary nitrogens is 1. The molecule has 4 rings (SSSR count). The van der Waals surface area contributed by atoms with E-state index in [1.54, 1.807) is 0 Å². The first-order valence-corrected chi connectivity index (χ1v) is 10.5. The summed E-state index contributed by atoms with van der Waals surface area (Å²) in [4.78, 5) is 1.52. The molecular weight excluding hydrogens is 360 g/mol. The monoisotopic (exact) mass is 387 g/mol. The molecule has 0 aliphatic carbocycles. The molecule has 0 radical (unpaired) electrons. The van der Waals surface area contributed by atoms with E-state index in [9.17, 15) is 0 Å². The highest BCUT2D eigenvalue weighted by Crippen LogP contribution is 2.19. The molecular formula is C23H27N6+. The largest absolute Gasteiger partial charge is 0.322 e. The third kappa shape index (κ3) is 4.69. The van der Waals surface area contributed by atoms with Gasteiger partial charge in [0, 0.05) is 12.1 Å². The van der Waals surface area contributed by atoms with Gasteiger partial charge in [0.1, 0.15) is 0 Å². The quantitative estimate of drug-likeness (QED) is 0.705. The maximum absolute atomic E-state index is 9.17. The molecule has 1 N–H and O–H groups in total. The average molecular weight is 388 g/mol. The number of aryl methyl sites for hydroxylation is 2. The fraction of sp³-hybridized carbons (Fsp3) is 0.391. The van der Waals surface area contributed by atoms with Crippen molar-refractivity contribution >= 4 is 0 Å². The SMILES string of the molecule is N#Cc1ccc([C@H](c2nnnn2CCc2ccccc2)[NH+]2CCCCCC2)cc1. The van der Waals surface area contributed by atoms with Gasteiger partial charge < -0.3 is 4.90 Å². The molecule has 0 amide bonds. The number of aromatic nitrogens is 4. The number of likely N-dealkylation sites (tertiary alicyclic amines) is 1. The second-order valence-corrected chi connectivity index (χ2v) is 7.74. The average Bonchev–Trinajstić information content (AvgIpc) is 3.06. The van der Waals surface area contributed by atoms with Crippen LogP contribution in [0.25, 0.3) is 0 Å². The van der Waals surface area contributed by atoms with Crippen LogP contribution >= 0.6 is 0 Å². The number of benzene rings is 2. The summed E-state index contributed by atoms with van der Waals surface area (Å²) in [5, 5.41) is 22.0. The Hall–Kier alpha value is -3.04. The van der Waals surface area contributed by atoms with Crippen molar-refractivity contribution < 1.29 is 4.90 Å². The lowest BCUT2D eigenvalue weighted by molar-refractivity contribution is -0.925. The smallest absolute Gasteiger partial charge is 0.214 e. The van der Waals surface area contributed by atoms with Gasteiger partial charge >= 0.3 is 0 Å². The van der Waals surface area contributed by atoms with Gasteiger partial charge in [-0.1, -0.05) is 42.5 Å². The van der Waals surface area contributed by atoms with Crippen LogP contribution in [0, 0.1) is 11.3 Å². The van der Waals surface area contributed by atoms with E-state index in [0.29, 0.717) is 5.56 Å². The predicted octanol–water partition coefficient (Wildman–Crippen LogP) is 2.34. The fourth-order valence-corrected chi connectivity index (χ4v) is 4.25. The van der Waals surface area contributed by atoms with Gasteiger partial charge in [0.05, 0.1) is 24.7 Å². The van der Waals surface area contributed by atoms with E-state index in [1.165, 1.54) is 41.7 Å². The van der Waals surface area contributed by atoms with E-state index in [1.807, 2.05) is 22.9 Å². The van der Waals surface area contributed by atoms with Crippen molar-refractivity contribution in [2.45, 2.75) is 44.7 Å². The minimum atomic E-state index is 0.0895. The molecule has 29 heavy (non-hydrogen) atoms. The number of nitriles is 1. The Bertz CT molecular complexity index is 934. The number of nitrogens with zero attached hydrogens (tertiary/aromatic N) is 5. The van der Waals surface area contributed by atoms with Gasteiger partial charge in [-0.2, -0.15) is 5.26 Å². The molecule has 0 saturated carbocycles. The van der Waals surface area contributed by atoms with Gasteiger partial charge in [0.15, 0.2) is 6.04 Å². The molecule has 2 heterocycles. The molecule has 0 bridgehead atoms. The van der Waals surface area contributed by atoms with Gasteiger partial charge in [-0.15, -0.1) is 5.10 Å². The fourth-order valence-electron chi connectivity index (χ4n) is 4.25. The summed E-state index contributed by atoms with van der Waals surface area (Å²) in [5.41, 5.74) is 3.14. The number of rotatable bonds is 6. The van der Waals surface area contributed by atoms with Crippen LogP contribution < -0.4 is 4.90 Å². The van der Waals surface area contributed by atoms with Crippen LogP contribution in [0.4, 0.5) is 0 Å². The number of tetrazole rings is 1. The van der Waals surface area contributed by atoms with Crippen LogP contribution in [-0.2, 0) is 13.0 Å². The van der Waals surface area contributed by atoms with Crippen molar-refractivity contribution in [3.05, 3.63) is 77.1 Å². The molecule has 1 fully saturated rings. The van der Waals surface area contributed by atoms with Crippen molar-refractivity contribution in [1.29, 1.82) is 5.26 Å². The van der Waals surface area contributed by atoms with Crippen molar-refractivity contribution in [1.82, 2.24) is 20.2 Å². The highest BCUT2D eigenvalue weighted by Gasteiger charge is 2.32. The summed E-state index contributed by atoms with van der Waals surface area (Å²) in [6, 6.07) is 20.7. The van der Waals surface area contributed by atoms with Gasteiger partial charge in [0.2, 0.25) is 5.82 Å². The maximum atomic E-state index is 9.17. The summed E-state index contributed by atoms with van der Waals surface area (Å²) in [7, 11) is 0. The van der Waals surface area contributed by atoms with Crippen LogP contribution in [0.5, 0.6) is 0 Å². The summed E-state index contributed by atoms with van der Waals surface area (Å²) >= 11 is 0. The minimum absolute atomic E-state index is 0.0895. The Labute approximate surface area is 171 Å². The van der Waals surface area contributed by atoms with Crippen LogP contribution in [0.1, 0.15) is 54.2 Å². The topological polar surface area (TPSA) is 71.8 Å². The zero-order chi connectivity index (χ0) is 19.9. The third-order valence-corrected chi connectivity index (χ3v) is 5.80. The first-order valence-electron chi connectivity index (χ1n) is 10.5. The predicted molar refractivity (Wildman–Crippen MR) is 110 cm³/mol. The van der Waals surface area contributed by atoms with E-state index in [0.717, 1.165) is 31.9 Å². The Morgan fingerprint density at radius 3 is 2.38 bits per heavy atom. The first-order chi connectivity index (χ1) is 14.3. The molecule has 0 unspecified atom stereocenters. The van der Waals surface area contributed by atoms with Gasteiger partial charge in [-0.25, -0.2) is 4.68 Å². The molecule has 1 aliphatic heterocycles. The second-order valence-electron chi connectivity index (χ2n) is 7.74. The van der Waals surface area contributed by atoms with Crippen LogP contribution in [0.3, 0.4) is 0 Å². The van der Waals surface area contributed by atoms with Gasteiger partial charge in [-0.05, 0) is 60.2 Å². The van der Waals surface area contributed by atoms with Crippen LogP contribution in [-0.4, -0.2) is 33.3 Å². The molecule has 1 atom stereocenters. The Balaban J connectivity index is 1.64. The van der Waals surface area contributed by atoms with Gasteiger partial charge in [-0.3, -0.25) is 0 Å². The summed E-state index contributed by atoms with van der Waals surface area (Å²) < 4.78 is 1.97. The Morgan fingerprint density at radius 2 is 1.69 bits per heavy atom. The maximum Gasteiger partial charge on any atom is 0.214 e. The number of nitrogens with one attached hydrogen (secondary N) is 1. The van der Waals surface area contributed by atoms with E-state index >= 15 is 0 Å². The van der Waals surface area contributed by atoms with E-state index in [2.05, 4.69) is 58.0 Å². The molecule has 1 saturated heterocycles. The molecule has 1 aliphatic rings. The van der Waals surface area contributed by atoms with Crippen molar-refractivity contribution in [2.75, 3.05) is 13.1 Å². The zero-order valence-electron chi connectivity index (χ0n) is 16.7. The Kier molecular flexibility index (Phi) is 6.28.